The van der Waals surface area contributed by atoms with E-state index in [4.69, 9.17) is 9.26 Å². The number of urea groups is 1. The zero-order valence-corrected chi connectivity index (χ0v) is 13.2. The summed E-state index contributed by atoms with van der Waals surface area (Å²) in [6, 6.07) is 7.51. The maximum Gasteiger partial charge on any atom is 0.321 e. The number of methoxy groups -OCH3 is 1. The number of carbonyl (C=O) groups excluding carboxylic acids is 1. The van der Waals surface area contributed by atoms with Crippen LogP contribution in [-0.2, 0) is 0 Å². The van der Waals surface area contributed by atoms with Crippen LogP contribution in [0.4, 0.5) is 10.7 Å². The Labute approximate surface area is 135 Å². The fourth-order valence-corrected chi connectivity index (χ4v) is 2.88. The highest BCUT2D eigenvalue weighted by Gasteiger charge is 2.18. The quantitative estimate of drug-likeness (QED) is 0.899. The van der Waals surface area contributed by atoms with Crippen LogP contribution in [0.25, 0.3) is 11.1 Å². The molecule has 1 heterocycles. The van der Waals surface area contributed by atoms with Crippen molar-refractivity contribution in [3.05, 3.63) is 30.5 Å². The molecule has 1 aromatic heterocycles. The zero-order valence-electron chi connectivity index (χ0n) is 13.2. The number of hydrogen-bond acceptors (Lipinski definition) is 4. The first-order valence-electron chi connectivity index (χ1n) is 7.93. The van der Waals surface area contributed by atoms with Crippen LogP contribution in [-0.4, -0.2) is 24.3 Å². The topological polar surface area (TPSA) is 76.4 Å². The van der Waals surface area contributed by atoms with Crippen molar-refractivity contribution in [1.29, 1.82) is 0 Å². The van der Waals surface area contributed by atoms with E-state index >= 15 is 0 Å². The van der Waals surface area contributed by atoms with Gasteiger partial charge in [-0.15, -0.1) is 0 Å². The van der Waals surface area contributed by atoms with E-state index in [1.807, 2.05) is 24.3 Å². The van der Waals surface area contributed by atoms with Gasteiger partial charge in [0.25, 0.3) is 0 Å². The van der Waals surface area contributed by atoms with Gasteiger partial charge in [0, 0.05) is 6.04 Å². The minimum absolute atomic E-state index is 0.246. The van der Waals surface area contributed by atoms with Crippen molar-refractivity contribution in [2.75, 3.05) is 12.4 Å². The van der Waals surface area contributed by atoms with E-state index in [2.05, 4.69) is 15.8 Å². The van der Waals surface area contributed by atoms with E-state index in [1.54, 1.807) is 13.3 Å². The molecule has 23 heavy (non-hydrogen) atoms. The summed E-state index contributed by atoms with van der Waals surface area (Å²) < 4.78 is 10.3. The molecule has 1 aliphatic carbocycles. The van der Waals surface area contributed by atoms with Crippen LogP contribution in [0.3, 0.4) is 0 Å². The van der Waals surface area contributed by atoms with Crippen LogP contribution in [0.1, 0.15) is 32.1 Å². The second-order valence-electron chi connectivity index (χ2n) is 5.73. The molecule has 0 atom stereocenters. The maximum atomic E-state index is 12.1. The summed E-state index contributed by atoms with van der Waals surface area (Å²) in [5, 5.41) is 9.54. The highest BCUT2D eigenvalue weighted by atomic mass is 16.5. The van der Waals surface area contributed by atoms with Gasteiger partial charge in [0.05, 0.1) is 18.9 Å². The fourth-order valence-electron chi connectivity index (χ4n) is 2.88. The molecule has 3 rings (SSSR count). The molecular formula is C17H21N3O3. The SMILES string of the molecule is COc1ccc(-c2cnoc2NC(=O)NC2CCCCC2)cc1. The molecule has 1 fully saturated rings. The molecule has 122 valence electrons. The van der Waals surface area contributed by atoms with Gasteiger partial charge in [-0.2, -0.15) is 0 Å². The Kier molecular flexibility index (Phi) is 4.80. The average molecular weight is 315 g/mol. The molecule has 1 aromatic carbocycles. The largest absolute Gasteiger partial charge is 0.497 e. The summed E-state index contributed by atoms with van der Waals surface area (Å²) in [5.74, 6) is 1.12. The van der Waals surface area contributed by atoms with Gasteiger partial charge in [-0.25, -0.2) is 4.79 Å². The van der Waals surface area contributed by atoms with Gasteiger partial charge in [-0.1, -0.05) is 36.6 Å². The number of aromatic nitrogens is 1. The predicted molar refractivity (Wildman–Crippen MR) is 87.5 cm³/mol. The van der Waals surface area contributed by atoms with Gasteiger partial charge >= 0.3 is 6.03 Å². The van der Waals surface area contributed by atoms with E-state index in [1.165, 1.54) is 19.3 Å². The van der Waals surface area contributed by atoms with Crippen molar-refractivity contribution in [2.45, 2.75) is 38.1 Å². The van der Waals surface area contributed by atoms with Gasteiger partial charge in [-0.3, -0.25) is 5.32 Å². The van der Waals surface area contributed by atoms with Crippen LogP contribution in [0, 0.1) is 0 Å². The second kappa shape index (κ2) is 7.17. The Morgan fingerprint density at radius 3 is 2.65 bits per heavy atom. The molecule has 0 bridgehead atoms. The summed E-state index contributed by atoms with van der Waals surface area (Å²) in [6.07, 6.45) is 7.26. The van der Waals surface area contributed by atoms with Gasteiger partial charge in [0.15, 0.2) is 0 Å². The van der Waals surface area contributed by atoms with Crippen molar-refractivity contribution >= 4 is 11.9 Å². The first-order chi connectivity index (χ1) is 11.3. The van der Waals surface area contributed by atoms with E-state index < -0.39 is 0 Å². The van der Waals surface area contributed by atoms with Gasteiger partial charge < -0.3 is 14.6 Å². The Balaban J connectivity index is 1.66. The van der Waals surface area contributed by atoms with Crippen LogP contribution in [0.2, 0.25) is 0 Å². The second-order valence-corrected chi connectivity index (χ2v) is 5.73. The number of nitrogens with zero attached hydrogens (tertiary/aromatic N) is 1. The highest BCUT2D eigenvalue weighted by molar-refractivity contribution is 5.92. The number of carbonyl (C=O) groups is 1. The Hall–Kier alpha value is -2.50. The highest BCUT2D eigenvalue weighted by Crippen LogP contribution is 2.29. The molecule has 2 amide bonds. The van der Waals surface area contributed by atoms with Crippen LogP contribution < -0.4 is 15.4 Å². The molecule has 0 aliphatic heterocycles. The summed E-state index contributed by atoms with van der Waals surface area (Å²) in [7, 11) is 1.62. The lowest BCUT2D eigenvalue weighted by atomic mass is 9.96. The molecule has 2 N–H and O–H groups in total. The van der Waals surface area contributed by atoms with Crippen molar-refractivity contribution in [1.82, 2.24) is 10.5 Å². The number of amides is 2. The summed E-state index contributed by atoms with van der Waals surface area (Å²) in [5.41, 5.74) is 1.64. The minimum Gasteiger partial charge on any atom is -0.497 e. The third-order valence-corrected chi connectivity index (χ3v) is 4.14. The third kappa shape index (κ3) is 3.83. The molecule has 6 nitrogen and oxygen atoms in total. The van der Waals surface area contributed by atoms with Gasteiger partial charge in [-0.05, 0) is 30.5 Å². The van der Waals surface area contributed by atoms with Crippen molar-refractivity contribution < 1.29 is 14.1 Å². The van der Waals surface area contributed by atoms with Gasteiger partial charge in [0.1, 0.15) is 5.75 Å². The van der Waals surface area contributed by atoms with E-state index in [-0.39, 0.29) is 12.1 Å². The first-order valence-corrected chi connectivity index (χ1v) is 7.93. The lowest BCUT2D eigenvalue weighted by molar-refractivity contribution is 0.243. The zero-order chi connectivity index (χ0) is 16.1. The molecular weight excluding hydrogens is 294 g/mol. The number of nitrogens with one attached hydrogen (secondary N) is 2. The van der Waals surface area contributed by atoms with E-state index in [0.717, 1.165) is 29.7 Å². The average Bonchev–Trinajstić information content (AvgIpc) is 3.03. The van der Waals surface area contributed by atoms with Crippen LogP contribution >= 0.6 is 0 Å². The van der Waals surface area contributed by atoms with Crippen LogP contribution in [0.5, 0.6) is 5.75 Å². The summed E-state index contributed by atoms with van der Waals surface area (Å²) in [4.78, 5) is 12.1. The standard InChI is InChI=1S/C17H21N3O3/c1-22-14-9-7-12(8-10-14)15-11-18-23-16(15)20-17(21)19-13-5-3-2-4-6-13/h7-11,13H,2-6H2,1H3,(H2,19,20,21). The molecule has 2 aromatic rings. The number of anilines is 1. The Bertz CT molecular complexity index is 645. The Morgan fingerprint density at radius 1 is 1.22 bits per heavy atom. The number of ether oxygens (including phenoxy) is 1. The number of hydrogen-bond donors (Lipinski definition) is 2. The van der Waals surface area contributed by atoms with E-state index in [9.17, 15) is 4.79 Å². The minimum atomic E-state index is -0.247. The van der Waals surface area contributed by atoms with Crippen LogP contribution in [0.15, 0.2) is 35.0 Å². The third-order valence-electron chi connectivity index (χ3n) is 4.14. The smallest absolute Gasteiger partial charge is 0.321 e. The van der Waals surface area contributed by atoms with Crippen molar-refractivity contribution in [2.24, 2.45) is 0 Å². The molecule has 0 unspecified atom stereocenters. The Morgan fingerprint density at radius 2 is 1.96 bits per heavy atom. The normalized spacial score (nSPS) is 15.2. The first kappa shape index (κ1) is 15.4. The molecule has 0 saturated heterocycles. The van der Waals surface area contributed by atoms with Gasteiger partial charge in [0.2, 0.25) is 5.88 Å². The lowest BCUT2D eigenvalue weighted by Crippen LogP contribution is -2.39. The molecule has 0 spiro atoms. The molecule has 0 radical (unpaired) electrons. The number of rotatable bonds is 4. The molecule has 1 saturated carbocycles. The number of benzene rings is 1. The summed E-state index contributed by atoms with van der Waals surface area (Å²) >= 11 is 0. The maximum absolute atomic E-state index is 12.1. The van der Waals surface area contributed by atoms with Crippen molar-refractivity contribution in [3.8, 4) is 16.9 Å². The van der Waals surface area contributed by atoms with Crippen molar-refractivity contribution in [3.63, 3.8) is 0 Å². The fraction of sp³-hybridized carbons (Fsp3) is 0.412. The summed E-state index contributed by atoms with van der Waals surface area (Å²) in [6.45, 7) is 0. The molecule has 1 aliphatic rings. The predicted octanol–water partition coefficient (Wildman–Crippen LogP) is 3.80. The van der Waals surface area contributed by atoms with E-state index in [0.29, 0.717) is 5.88 Å². The monoisotopic (exact) mass is 315 g/mol. The lowest BCUT2D eigenvalue weighted by Gasteiger charge is -2.22. The molecule has 6 heteroatoms.